The summed E-state index contributed by atoms with van der Waals surface area (Å²) in [6, 6.07) is 3.28. The summed E-state index contributed by atoms with van der Waals surface area (Å²) in [6.07, 6.45) is 1.48. The van der Waals surface area contributed by atoms with Gasteiger partial charge in [-0.3, -0.25) is 4.68 Å². The standard InChI is InChI=1S/C13H21N7O2S2/c1-3-14-13(16-9-11-17-10-18-20(11)2)15-6-7-19-24(21,22)12-5-4-8-23-12/h4-5,8,10,19H,3,6-7,9H2,1-2H3,(H2,14,15,16). The van der Waals surface area contributed by atoms with Gasteiger partial charge in [0.25, 0.3) is 0 Å². The van der Waals surface area contributed by atoms with Gasteiger partial charge in [-0.1, -0.05) is 6.07 Å². The van der Waals surface area contributed by atoms with Gasteiger partial charge in [-0.25, -0.2) is 23.1 Å². The molecule has 0 saturated heterocycles. The summed E-state index contributed by atoms with van der Waals surface area (Å²) in [5, 5.41) is 11.9. The molecule has 132 valence electrons. The Morgan fingerprint density at radius 2 is 2.21 bits per heavy atom. The van der Waals surface area contributed by atoms with E-state index < -0.39 is 10.0 Å². The maximum Gasteiger partial charge on any atom is 0.250 e. The van der Waals surface area contributed by atoms with Crippen LogP contribution in [0, 0.1) is 0 Å². The van der Waals surface area contributed by atoms with Crippen molar-refractivity contribution in [3.8, 4) is 0 Å². The van der Waals surface area contributed by atoms with Gasteiger partial charge < -0.3 is 10.6 Å². The molecule has 0 saturated carbocycles. The predicted octanol–water partition coefficient (Wildman–Crippen LogP) is -0.0898. The van der Waals surface area contributed by atoms with Crippen LogP contribution in [-0.4, -0.2) is 48.8 Å². The third kappa shape index (κ3) is 5.28. The lowest BCUT2D eigenvalue weighted by molar-refractivity contribution is 0.582. The van der Waals surface area contributed by atoms with Crippen LogP contribution in [0.15, 0.2) is 33.0 Å². The molecule has 2 aromatic rings. The molecule has 2 rings (SSSR count). The molecule has 0 aliphatic heterocycles. The van der Waals surface area contributed by atoms with Crippen LogP contribution in [0.5, 0.6) is 0 Å². The number of aromatic nitrogens is 3. The van der Waals surface area contributed by atoms with E-state index in [0.29, 0.717) is 29.8 Å². The molecule has 0 spiro atoms. The maximum absolute atomic E-state index is 12.0. The molecule has 0 fully saturated rings. The number of hydrogen-bond acceptors (Lipinski definition) is 6. The first kappa shape index (κ1) is 18.4. The van der Waals surface area contributed by atoms with Gasteiger partial charge in [-0.05, 0) is 18.4 Å². The van der Waals surface area contributed by atoms with Crippen molar-refractivity contribution in [2.24, 2.45) is 12.0 Å². The number of aliphatic imine (C=N–C) groups is 1. The Balaban J connectivity index is 1.82. The lowest BCUT2D eigenvalue weighted by Crippen LogP contribution is -2.41. The minimum atomic E-state index is -3.43. The zero-order chi connectivity index (χ0) is 17.4. The Bertz CT molecular complexity index is 753. The molecule has 3 N–H and O–H groups in total. The van der Waals surface area contributed by atoms with Crippen LogP contribution in [0.4, 0.5) is 0 Å². The summed E-state index contributed by atoms with van der Waals surface area (Å²) in [6.45, 7) is 3.71. The summed E-state index contributed by atoms with van der Waals surface area (Å²) in [5.74, 6) is 1.33. The Labute approximate surface area is 145 Å². The molecule has 24 heavy (non-hydrogen) atoms. The SMILES string of the molecule is CCNC(=NCc1ncnn1C)NCCNS(=O)(=O)c1cccs1. The highest BCUT2D eigenvalue weighted by atomic mass is 32.2. The van der Waals surface area contributed by atoms with E-state index >= 15 is 0 Å². The third-order valence-corrected chi connectivity index (χ3v) is 5.86. The third-order valence-electron chi connectivity index (χ3n) is 3.00. The summed E-state index contributed by atoms with van der Waals surface area (Å²) >= 11 is 1.19. The van der Waals surface area contributed by atoms with E-state index in [-0.39, 0.29) is 6.54 Å². The number of aryl methyl sites for hydroxylation is 1. The highest BCUT2D eigenvalue weighted by molar-refractivity contribution is 7.91. The molecule has 0 radical (unpaired) electrons. The van der Waals surface area contributed by atoms with E-state index in [2.05, 4.69) is 30.4 Å². The van der Waals surface area contributed by atoms with Crippen LogP contribution in [0.3, 0.4) is 0 Å². The van der Waals surface area contributed by atoms with Crippen LogP contribution in [0.25, 0.3) is 0 Å². The molecule has 2 heterocycles. The van der Waals surface area contributed by atoms with E-state index in [0.717, 1.165) is 5.82 Å². The monoisotopic (exact) mass is 371 g/mol. The molecule has 11 heteroatoms. The second-order valence-corrected chi connectivity index (χ2v) is 7.69. The molecule has 9 nitrogen and oxygen atoms in total. The van der Waals surface area contributed by atoms with Crippen molar-refractivity contribution >= 4 is 27.3 Å². The van der Waals surface area contributed by atoms with Gasteiger partial charge in [0.15, 0.2) is 5.96 Å². The minimum absolute atomic E-state index is 0.259. The van der Waals surface area contributed by atoms with Crippen molar-refractivity contribution < 1.29 is 8.42 Å². The molecule has 0 atom stereocenters. The molecular formula is C13H21N7O2S2. The van der Waals surface area contributed by atoms with Crippen LogP contribution in [0.1, 0.15) is 12.7 Å². The number of thiophene rings is 1. The van der Waals surface area contributed by atoms with Gasteiger partial charge in [0.1, 0.15) is 22.9 Å². The van der Waals surface area contributed by atoms with Gasteiger partial charge in [0.05, 0.1) is 0 Å². The van der Waals surface area contributed by atoms with Crippen molar-refractivity contribution in [2.45, 2.75) is 17.7 Å². The molecule has 0 unspecified atom stereocenters. The van der Waals surface area contributed by atoms with Crippen LogP contribution in [0.2, 0.25) is 0 Å². The Morgan fingerprint density at radius 1 is 1.38 bits per heavy atom. The topological polar surface area (TPSA) is 113 Å². The van der Waals surface area contributed by atoms with Crippen molar-refractivity contribution in [1.29, 1.82) is 0 Å². The molecule has 0 aromatic carbocycles. The van der Waals surface area contributed by atoms with E-state index in [1.54, 1.807) is 29.2 Å². The minimum Gasteiger partial charge on any atom is -0.357 e. The van der Waals surface area contributed by atoms with Gasteiger partial charge >= 0.3 is 0 Å². The first-order valence-corrected chi connectivity index (χ1v) is 9.77. The summed E-state index contributed by atoms with van der Waals surface area (Å²) in [7, 11) is -1.63. The fourth-order valence-corrected chi connectivity index (χ4v) is 3.88. The largest absolute Gasteiger partial charge is 0.357 e. The summed E-state index contributed by atoms with van der Waals surface area (Å²) in [5.41, 5.74) is 0. The molecule has 0 aliphatic rings. The van der Waals surface area contributed by atoms with Gasteiger partial charge in [-0.15, -0.1) is 11.3 Å². The second kappa shape index (κ2) is 8.76. The van der Waals surface area contributed by atoms with Crippen LogP contribution >= 0.6 is 11.3 Å². The maximum atomic E-state index is 12.0. The highest BCUT2D eigenvalue weighted by Crippen LogP contribution is 2.14. The number of nitrogens with one attached hydrogen (secondary N) is 3. The molecule has 0 bridgehead atoms. The predicted molar refractivity (Wildman–Crippen MR) is 93.3 cm³/mol. The van der Waals surface area contributed by atoms with Crippen molar-refractivity contribution in [1.82, 2.24) is 30.1 Å². The lowest BCUT2D eigenvalue weighted by Gasteiger charge is -2.11. The normalized spacial score (nSPS) is 12.3. The van der Waals surface area contributed by atoms with Crippen molar-refractivity contribution in [3.63, 3.8) is 0 Å². The molecule has 0 aliphatic carbocycles. The van der Waals surface area contributed by atoms with Gasteiger partial charge in [-0.2, -0.15) is 5.10 Å². The Hall–Kier alpha value is -1.98. The zero-order valence-corrected chi connectivity index (χ0v) is 15.2. The average molecular weight is 371 g/mol. The quantitative estimate of drug-likeness (QED) is 0.340. The van der Waals surface area contributed by atoms with Crippen molar-refractivity contribution in [2.75, 3.05) is 19.6 Å². The number of sulfonamides is 1. The van der Waals surface area contributed by atoms with E-state index in [9.17, 15) is 8.42 Å². The smallest absolute Gasteiger partial charge is 0.250 e. The Morgan fingerprint density at radius 3 is 2.83 bits per heavy atom. The van der Waals surface area contributed by atoms with Gasteiger partial charge in [0.2, 0.25) is 10.0 Å². The average Bonchev–Trinajstić information content (AvgIpc) is 3.21. The molecule has 2 aromatic heterocycles. The zero-order valence-electron chi connectivity index (χ0n) is 13.6. The van der Waals surface area contributed by atoms with E-state index in [4.69, 9.17) is 0 Å². The molecular weight excluding hydrogens is 350 g/mol. The van der Waals surface area contributed by atoms with E-state index in [1.807, 2.05) is 6.92 Å². The van der Waals surface area contributed by atoms with Crippen LogP contribution < -0.4 is 15.4 Å². The number of hydrogen-bond donors (Lipinski definition) is 3. The Kier molecular flexibility index (Phi) is 6.70. The first-order valence-electron chi connectivity index (χ1n) is 7.41. The second-order valence-electron chi connectivity index (χ2n) is 4.75. The van der Waals surface area contributed by atoms with E-state index in [1.165, 1.54) is 17.7 Å². The van der Waals surface area contributed by atoms with Gasteiger partial charge in [0, 0.05) is 26.7 Å². The molecule has 0 amide bonds. The summed E-state index contributed by atoms with van der Waals surface area (Å²) < 4.78 is 28.5. The number of nitrogens with zero attached hydrogens (tertiary/aromatic N) is 4. The van der Waals surface area contributed by atoms with Crippen LogP contribution in [-0.2, 0) is 23.6 Å². The number of rotatable bonds is 8. The fraction of sp³-hybridized carbons (Fsp3) is 0.462. The first-order chi connectivity index (χ1) is 11.5. The van der Waals surface area contributed by atoms with Crippen molar-refractivity contribution in [3.05, 3.63) is 29.7 Å². The highest BCUT2D eigenvalue weighted by Gasteiger charge is 2.13. The number of guanidine groups is 1. The summed E-state index contributed by atoms with van der Waals surface area (Å²) in [4.78, 5) is 8.50. The fourth-order valence-electron chi connectivity index (χ4n) is 1.81. The lowest BCUT2D eigenvalue weighted by atomic mass is 10.6.